The van der Waals surface area contributed by atoms with Gasteiger partial charge in [0.25, 0.3) is 0 Å². The molecular weight excluding hydrogens is 311 g/mol. The summed E-state index contributed by atoms with van der Waals surface area (Å²) in [5.41, 5.74) is 2.92. The Labute approximate surface area is 137 Å². The molecule has 0 spiro atoms. The molecule has 0 atom stereocenters. The smallest absolute Gasteiger partial charge is 0.169 e. The number of hydrogen-bond donors (Lipinski definition) is 0. The summed E-state index contributed by atoms with van der Waals surface area (Å²) < 4.78 is 13.7. The standard InChI is InChI=1S/C17H15FN4S/c18-14-9-19-5-3-12(14)10-22-6-4-15-13(11-22)8-20-17(21-15)16-2-1-7-23-16/h1-3,5,7-9H,4,6,10-11H2. The first-order chi connectivity index (χ1) is 11.3. The van der Waals surface area contributed by atoms with E-state index in [0.717, 1.165) is 41.5 Å². The molecule has 4 heterocycles. The molecule has 4 nitrogen and oxygen atoms in total. The fourth-order valence-corrected chi connectivity index (χ4v) is 3.47. The first kappa shape index (κ1) is 14.4. The van der Waals surface area contributed by atoms with Gasteiger partial charge in [0.1, 0.15) is 5.82 Å². The van der Waals surface area contributed by atoms with Crippen LogP contribution in [0.4, 0.5) is 4.39 Å². The SMILES string of the molecule is Fc1cnccc1CN1CCc2nc(-c3cccs3)ncc2C1. The molecule has 3 aromatic heterocycles. The van der Waals surface area contributed by atoms with E-state index in [1.807, 2.05) is 23.7 Å². The van der Waals surface area contributed by atoms with Crippen LogP contribution in [0.1, 0.15) is 16.8 Å². The number of pyridine rings is 1. The molecule has 0 bridgehead atoms. The van der Waals surface area contributed by atoms with Crippen LogP contribution in [0.25, 0.3) is 10.7 Å². The van der Waals surface area contributed by atoms with Crippen LogP contribution in [0.15, 0.2) is 42.2 Å². The van der Waals surface area contributed by atoms with E-state index in [-0.39, 0.29) is 5.82 Å². The fraction of sp³-hybridized carbons (Fsp3) is 0.235. The van der Waals surface area contributed by atoms with E-state index in [0.29, 0.717) is 12.1 Å². The average molecular weight is 326 g/mol. The van der Waals surface area contributed by atoms with Crippen LogP contribution in [-0.4, -0.2) is 26.4 Å². The van der Waals surface area contributed by atoms with Crippen LogP contribution >= 0.6 is 11.3 Å². The number of aromatic nitrogens is 3. The maximum Gasteiger partial charge on any atom is 0.169 e. The quantitative estimate of drug-likeness (QED) is 0.740. The molecule has 0 saturated heterocycles. The first-order valence-corrected chi connectivity index (χ1v) is 8.37. The number of nitrogens with zero attached hydrogens (tertiary/aromatic N) is 4. The van der Waals surface area contributed by atoms with E-state index >= 15 is 0 Å². The second-order valence-electron chi connectivity index (χ2n) is 5.57. The number of thiophene rings is 1. The van der Waals surface area contributed by atoms with Gasteiger partial charge in [0.15, 0.2) is 5.82 Å². The van der Waals surface area contributed by atoms with Gasteiger partial charge in [-0.1, -0.05) is 6.07 Å². The van der Waals surface area contributed by atoms with Crippen molar-refractivity contribution in [2.24, 2.45) is 0 Å². The lowest BCUT2D eigenvalue weighted by Gasteiger charge is -2.28. The lowest BCUT2D eigenvalue weighted by molar-refractivity contribution is 0.239. The predicted octanol–water partition coefficient (Wildman–Crippen LogP) is 3.30. The van der Waals surface area contributed by atoms with Crippen molar-refractivity contribution in [3.63, 3.8) is 0 Å². The van der Waals surface area contributed by atoms with Crippen molar-refractivity contribution in [2.75, 3.05) is 6.54 Å². The Morgan fingerprint density at radius 3 is 3.04 bits per heavy atom. The number of fused-ring (bicyclic) bond motifs is 1. The molecule has 3 aromatic rings. The van der Waals surface area contributed by atoms with Gasteiger partial charge >= 0.3 is 0 Å². The zero-order valence-corrected chi connectivity index (χ0v) is 13.3. The number of rotatable bonds is 3. The van der Waals surface area contributed by atoms with Crippen LogP contribution in [0.5, 0.6) is 0 Å². The van der Waals surface area contributed by atoms with Crippen molar-refractivity contribution in [1.82, 2.24) is 19.9 Å². The van der Waals surface area contributed by atoms with E-state index in [2.05, 4.69) is 14.9 Å². The summed E-state index contributed by atoms with van der Waals surface area (Å²) in [5, 5.41) is 2.03. The molecule has 0 fully saturated rings. The Kier molecular flexibility index (Phi) is 3.85. The molecule has 23 heavy (non-hydrogen) atoms. The molecule has 1 aliphatic rings. The van der Waals surface area contributed by atoms with Gasteiger partial charge in [0.2, 0.25) is 0 Å². The molecule has 0 aromatic carbocycles. The third kappa shape index (κ3) is 3.00. The minimum atomic E-state index is -0.248. The molecule has 0 radical (unpaired) electrons. The Morgan fingerprint density at radius 2 is 2.22 bits per heavy atom. The van der Waals surface area contributed by atoms with E-state index in [1.54, 1.807) is 23.6 Å². The first-order valence-electron chi connectivity index (χ1n) is 7.49. The molecule has 0 amide bonds. The maximum absolute atomic E-state index is 13.7. The van der Waals surface area contributed by atoms with Crippen molar-refractivity contribution in [3.05, 3.63) is 64.8 Å². The summed E-state index contributed by atoms with van der Waals surface area (Å²) >= 11 is 1.65. The van der Waals surface area contributed by atoms with Crippen LogP contribution in [0.2, 0.25) is 0 Å². The highest BCUT2D eigenvalue weighted by molar-refractivity contribution is 7.13. The Balaban J connectivity index is 1.53. The highest BCUT2D eigenvalue weighted by Gasteiger charge is 2.20. The third-order valence-corrected chi connectivity index (χ3v) is 4.87. The van der Waals surface area contributed by atoms with E-state index in [4.69, 9.17) is 4.98 Å². The van der Waals surface area contributed by atoms with Gasteiger partial charge in [-0.3, -0.25) is 9.88 Å². The monoisotopic (exact) mass is 326 g/mol. The van der Waals surface area contributed by atoms with Gasteiger partial charge < -0.3 is 0 Å². The normalized spacial score (nSPS) is 14.7. The van der Waals surface area contributed by atoms with Gasteiger partial charge in [0.05, 0.1) is 16.8 Å². The molecular formula is C17H15FN4S. The molecule has 0 N–H and O–H groups in total. The summed E-state index contributed by atoms with van der Waals surface area (Å²) in [6.07, 6.45) is 5.67. The Morgan fingerprint density at radius 1 is 1.26 bits per heavy atom. The van der Waals surface area contributed by atoms with E-state index in [1.165, 1.54) is 6.20 Å². The summed E-state index contributed by atoms with van der Waals surface area (Å²) in [7, 11) is 0. The number of halogens is 1. The zero-order valence-electron chi connectivity index (χ0n) is 12.4. The molecule has 116 valence electrons. The molecule has 1 aliphatic heterocycles. The van der Waals surface area contributed by atoms with Gasteiger partial charge in [-0.2, -0.15) is 0 Å². The zero-order chi connectivity index (χ0) is 15.6. The predicted molar refractivity (Wildman–Crippen MR) is 87.4 cm³/mol. The lowest BCUT2D eigenvalue weighted by atomic mass is 10.1. The topological polar surface area (TPSA) is 41.9 Å². The second-order valence-corrected chi connectivity index (χ2v) is 6.52. The van der Waals surface area contributed by atoms with Crippen LogP contribution in [0, 0.1) is 5.82 Å². The Bertz CT molecular complexity index is 819. The highest BCUT2D eigenvalue weighted by Crippen LogP contribution is 2.24. The lowest BCUT2D eigenvalue weighted by Crippen LogP contribution is -2.31. The average Bonchev–Trinajstić information content (AvgIpc) is 3.11. The highest BCUT2D eigenvalue weighted by atomic mass is 32.1. The molecule has 4 rings (SSSR count). The van der Waals surface area contributed by atoms with Crippen molar-refractivity contribution < 1.29 is 4.39 Å². The minimum Gasteiger partial charge on any atom is -0.294 e. The van der Waals surface area contributed by atoms with Gasteiger partial charge in [-0.25, -0.2) is 14.4 Å². The van der Waals surface area contributed by atoms with Crippen LogP contribution < -0.4 is 0 Å². The molecule has 6 heteroatoms. The Hall–Kier alpha value is -2.18. The third-order valence-electron chi connectivity index (χ3n) is 4.00. The number of hydrogen-bond acceptors (Lipinski definition) is 5. The largest absolute Gasteiger partial charge is 0.294 e. The molecule has 0 saturated carbocycles. The van der Waals surface area contributed by atoms with Gasteiger partial charge in [-0.05, 0) is 17.5 Å². The van der Waals surface area contributed by atoms with E-state index in [9.17, 15) is 4.39 Å². The van der Waals surface area contributed by atoms with Crippen LogP contribution in [0.3, 0.4) is 0 Å². The van der Waals surface area contributed by atoms with Crippen molar-refractivity contribution in [2.45, 2.75) is 19.5 Å². The van der Waals surface area contributed by atoms with Gasteiger partial charge in [0, 0.05) is 49.6 Å². The van der Waals surface area contributed by atoms with Gasteiger partial charge in [-0.15, -0.1) is 11.3 Å². The summed E-state index contributed by atoms with van der Waals surface area (Å²) in [4.78, 5) is 16.3. The fourth-order valence-electron chi connectivity index (χ4n) is 2.81. The van der Waals surface area contributed by atoms with E-state index < -0.39 is 0 Å². The summed E-state index contributed by atoms with van der Waals surface area (Å²) in [5.74, 6) is 0.551. The molecule has 0 unspecified atom stereocenters. The van der Waals surface area contributed by atoms with Crippen molar-refractivity contribution in [1.29, 1.82) is 0 Å². The van der Waals surface area contributed by atoms with Crippen molar-refractivity contribution >= 4 is 11.3 Å². The van der Waals surface area contributed by atoms with Crippen molar-refractivity contribution in [3.8, 4) is 10.7 Å². The maximum atomic E-state index is 13.7. The summed E-state index contributed by atoms with van der Waals surface area (Å²) in [6.45, 7) is 2.21. The minimum absolute atomic E-state index is 0.248. The summed E-state index contributed by atoms with van der Waals surface area (Å²) in [6, 6.07) is 5.78. The van der Waals surface area contributed by atoms with Crippen LogP contribution in [-0.2, 0) is 19.5 Å². The second kappa shape index (κ2) is 6.14. The molecule has 0 aliphatic carbocycles.